The first kappa shape index (κ1) is 15.5. The molecule has 0 spiro atoms. The third-order valence-electron chi connectivity index (χ3n) is 4.94. The minimum atomic E-state index is 0.403. The van der Waals surface area contributed by atoms with Crippen LogP contribution in [-0.2, 0) is 6.42 Å². The zero-order chi connectivity index (χ0) is 14.7. The molecule has 2 rings (SSSR count). The average Bonchev–Trinajstić information content (AvgIpc) is 2.38. The van der Waals surface area contributed by atoms with Gasteiger partial charge in [-0.25, -0.2) is 0 Å². The van der Waals surface area contributed by atoms with E-state index in [2.05, 4.69) is 51.3 Å². The molecule has 0 radical (unpaired) electrons. The highest BCUT2D eigenvalue weighted by Crippen LogP contribution is 2.35. The highest BCUT2D eigenvalue weighted by molar-refractivity contribution is 5.31. The minimum Gasteiger partial charge on any atom is -0.271 e. The van der Waals surface area contributed by atoms with E-state index in [1.807, 2.05) is 0 Å². The molecule has 1 fully saturated rings. The van der Waals surface area contributed by atoms with Crippen LogP contribution in [0.15, 0.2) is 18.2 Å². The molecule has 0 saturated heterocycles. The van der Waals surface area contributed by atoms with Gasteiger partial charge in [0.1, 0.15) is 0 Å². The van der Waals surface area contributed by atoms with Crippen LogP contribution in [0.25, 0.3) is 0 Å². The Morgan fingerprint density at radius 2 is 1.80 bits per heavy atom. The second-order valence-electron chi connectivity index (χ2n) is 7.08. The van der Waals surface area contributed by atoms with Crippen molar-refractivity contribution in [1.29, 1.82) is 0 Å². The van der Waals surface area contributed by atoms with E-state index in [9.17, 15) is 0 Å². The fourth-order valence-corrected chi connectivity index (χ4v) is 3.96. The lowest BCUT2D eigenvalue weighted by atomic mass is 9.72. The van der Waals surface area contributed by atoms with E-state index in [0.717, 1.165) is 18.3 Å². The third kappa shape index (κ3) is 3.83. The molecule has 1 aliphatic carbocycles. The van der Waals surface area contributed by atoms with Crippen molar-refractivity contribution >= 4 is 0 Å². The van der Waals surface area contributed by atoms with Gasteiger partial charge < -0.3 is 0 Å². The lowest BCUT2D eigenvalue weighted by molar-refractivity contribution is 0.175. The second kappa shape index (κ2) is 6.73. The molecule has 1 saturated carbocycles. The zero-order valence-corrected chi connectivity index (χ0v) is 13.4. The van der Waals surface area contributed by atoms with Crippen LogP contribution < -0.4 is 11.3 Å². The molecule has 3 unspecified atom stereocenters. The Bertz CT molecular complexity index is 431. The summed E-state index contributed by atoms with van der Waals surface area (Å²) in [7, 11) is 0. The van der Waals surface area contributed by atoms with E-state index in [0.29, 0.717) is 12.0 Å². The molecule has 1 aromatic carbocycles. The van der Waals surface area contributed by atoms with Crippen LogP contribution >= 0.6 is 0 Å². The van der Waals surface area contributed by atoms with Gasteiger partial charge in [-0.1, -0.05) is 37.6 Å². The molecule has 112 valence electrons. The van der Waals surface area contributed by atoms with Crippen molar-refractivity contribution in [2.45, 2.75) is 59.4 Å². The van der Waals surface area contributed by atoms with Gasteiger partial charge in [-0.05, 0) is 68.4 Å². The van der Waals surface area contributed by atoms with Gasteiger partial charge in [-0.2, -0.15) is 0 Å². The van der Waals surface area contributed by atoms with Crippen LogP contribution in [0.5, 0.6) is 0 Å². The van der Waals surface area contributed by atoms with Crippen molar-refractivity contribution in [3.63, 3.8) is 0 Å². The molecular formula is C18H30N2. The summed E-state index contributed by atoms with van der Waals surface area (Å²) in [5.74, 6) is 8.25. The quantitative estimate of drug-likeness (QED) is 0.648. The van der Waals surface area contributed by atoms with E-state index in [1.165, 1.54) is 36.0 Å². The predicted octanol–water partition coefficient (Wildman–Crippen LogP) is 3.75. The average molecular weight is 274 g/mol. The normalized spacial score (nSPS) is 28.4. The Labute approximate surface area is 124 Å². The first-order chi connectivity index (χ1) is 9.49. The van der Waals surface area contributed by atoms with Crippen molar-refractivity contribution in [2.24, 2.45) is 23.6 Å². The van der Waals surface area contributed by atoms with Crippen LogP contribution in [-0.4, -0.2) is 6.04 Å². The van der Waals surface area contributed by atoms with Gasteiger partial charge in [0.05, 0.1) is 0 Å². The van der Waals surface area contributed by atoms with Crippen LogP contribution in [0, 0.1) is 31.6 Å². The number of hydrogen-bond donors (Lipinski definition) is 2. The fraction of sp³-hybridized carbons (Fsp3) is 0.667. The summed E-state index contributed by atoms with van der Waals surface area (Å²) >= 11 is 0. The maximum atomic E-state index is 5.88. The molecule has 3 N–H and O–H groups in total. The third-order valence-corrected chi connectivity index (χ3v) is 4.94. The standard InChI is InChI=1S/C18H30N2/c1-12-5-6-15(4)16(8-12)11-18(20-19)17-9-13(2)7-14(3)10-17/h5-6,8,13-14,17-18,20H,7,9-11,19H2,1-4H3. The summed E-state index contributed by atoms with van der Waals surface area (Å²) in [4.78, 5) is 0. The van der Waals surface area contributed by atoms with Crippen LogP contribution in [0.2, 0.25) is 0 Å². The molecule has 0 aliphatic heterocycles. The van der Waals surface area contributed by atoms with Crippen molar-refractivity contribution in [2.75, 3.05) is 0 Å². The Hall–Kier alpha value is -0.860. The summed E-state index contributed by atoms with van der Waals surface area (Å²) < 4.78 is 0. The fourth-order valence-electron chi connectivity index (χ4n) is 3.96. The molecule has 0 bridgehead atoms. The molecule has 2 heteroatoms. The van der Waals surface area contributed by atoms with Gasteiger partial charge in [0.2, 0.25) is 0 Å². The zero-order valence-electron chi connectivity index (χ0n) is 13.4. The van der Waals surface area contributed by atoms with Crippen molar-refractivity contribution in [3.05, 3.63) is 34.9 Å². The highest BCUT2D eigenvalue weighted by atomic mass is 15.2. The van der Waals surface area contributed by atoms with Gasteiger partial charge in [0.25, 0.3) is 0 Å². The largest absolute Gasteiger partial charge is 0.271 e. The van der Waals surface area contributed by atoms with Crippen LogP contribution in [0.4, 0.5) is 0 Å². The molecule has 20 heavy (non-hydrogen) atoms. The smallest absolute Gasteiger partial charge is 0.0279 e. The molecule has 3 atom stereocenters. The minimum absolute atomic E-state index is 0.403. The van der Waals surface area contributed by atoms with Gasteiger partial charge in [0.15, 0.2) is 0 Å². The Balaban J connectivity index is 2.10. The topological polar surface area (TPSA) is 38.0 Å². The summed E-state index contributed by atoms with van der Waals surface area (Å²) in [5.41, 5.74) is 7.27. The number of hydrazine groups is 1. The molecule has 1 aromatic rings. The van der Waals surface area contributed by atoms with E-state index in [4.69, 9.17) is 5.84 Å². The van der Waals surface area contributed by atoms with Crippen LogP contribution in [0.1, 0.15) is 49.8 Å². The van der Waals surface area contributed by atoms with Gasteiger partial charge in [0, 0.05) is 6.04 Å². The van der Waals surface area contributed by atoms with E-state index >= 15 is 0 Å². The number of benzene rings is 1. The maximum absolute atomic E-state index is 5.88. The van der Waals surface area contributed by atoms with Gasteiger partial charge in [-0.3, -0.25) is 11.3 Å². The number of hydrogen-bond acceptors (Lipinski definition) is 2. The molecule has 1 aliphatic rings. The van der Waals surface area contributed by atoms with E-state index in [1.54, 1.807) is 0 Å². The van der Waals surface area contributed by atoms with Gasteiger partial charge in [-0.15, -0.1) is 0 Å². The summed E-state index contributed by atoms with van der Waals surface area (Å²) in [6.07, 6.45) is 5.04. The lowest BCUT2D eigenvalue weighted by Crippen LogP contribution is -2.45. The van der Waals surface area contributed by atoms with Crippen molar-refractivity contribution < 1.29 is 0 Å². The monoisotopic (exact) mass is 274 g/mol. The molecule has 0 amide bonds. The SMILES string of the molecule is Cc1ccc(C)c(CC(NN)C2CC(C)CC(C)C2)c1. The Kier molecular flexibility index (Phi) is 5.22. The van der Waals surface area contributed by atoms with Crippen LogP contribution in [0.3, 0.4) is 0 Å². The molecule has 2 nitrogen and oxygen atoms in total. The number of nitrogens with two attached hydrogens (primary N) is 1. The van der Waals surface area contributed by atoms with E-state index < -0.39 is 0 Å². The first-order valence-electron chi connectivity index (χ1n) is 8.01. The van der Waals surface area contributed by atoms with Crippen molar-refractivity contribution in [1.82, 2.24) is 5.43 Å². The molecule has 0 heterocycles. The lowest BCUT2D eigenvalue weighted by Gasteiger charge is -2.36. The predicted molar refractivity (Wildman–Crippen MR) is 86.4 cm³/mol. The summed E-state index contributed by atoms with van der Waals surface area (Å²) in [6.45, 7) is 9.13. The van der Waals surface area contributed by atoms with E-state index in [-0.39, 0.29) is 0 Å². The Morgan fingerprint density at radius 1 is 1.15 bits per heavy atom. The van der Waals surface area contributed by atoms with Gasteiger partial charge >= 0.3 is 0 Å². The number of nitrogens with one attached hydrogen (secondary N) is 1. The second-order valence-corrected chi connectivity index (χ2v) is 7.08. The first-order valence-corrected chi connectivity index (χ1v) is 8.01. The highest BCUT2D eigenvalue weighted by Gasteiger charge is 2.29. The number of rotatable bonds is 4. The molecular weight excluding hydrogens is 244 g/mol. The van der Waals surface area contributed by atoms with Crippen molar-refractivity contribution in [3.8, 4) is 0 Å². The molecule has 0 aromatic heterocycles. The Morgan fingerprint density at radius 3 is 2.40 bits per heavy atom. The summed E-state index contributed by atoms with van der Waals surface area (Å²) in [5, 5.41) is 0. The maximum Gasteiger partial charge on any atom is 0.0279 e. The number of aryl methyl sites for hydroxylation is 2. The summed E-state index contributed by atoms with van der Waals surface area (Å²) in [6, 6.07) is 7.13.